The summed E-state index contributed by atoms with van der Waals surface area (Å²) in [6, 6.07) is 7.84. The number of para-hydroxylation sites is 1. The Kier molecular flexibility index (Phi) is 5.51. The number of nitrogens with zero attached hydrogens (tertiary/aromatic N) is 2. The summed E-state index contributed by atoms with van der Waals surface area (Å²) >= 11 is 0. The van der Waals surface area contributed by atoms with Gasteiger partial charge >= 0.3 is 5.97 Å². The van der Waals surface area contributed by atoms with Crippen LogP contribution in [0.4, 0.5) is 5.69 Å². The van der Waals surface area contributed by atoms with Gasteiger partial charge in [0.2, 0.25) is 5.91 Å². The molecule has 2 heterocycles. The number of anilines is 1. The largest absolute Gasteiger partial charge is 0.465 e. The summed E-state index contributed by atoms with van der Waals surface area (Å²) in [4.78, 5) is 28.9. The zero-order valence-corrected chi connectivity index (χ0v) is 14.4. The van der Waals surface area contributed by atoms with E-state index in [1.54, 1.807) is 0 Å². The number of benzene rings is 1. The number of esters is 1. The molecule has 2 aliphatic rings. The lowest BCUT2D eigenvalue weighted by molar-refractivity contribution is -0.151. The second-order valence-electron chi connectivity index (χ2n) is 6.51. The number of carbonyl (C=O) groups is 2. The first-order chi connectivity index (χ1) is 11.7. The van der Waals surface area contributed by atoms with E-state index in [1.807, 2.05) is 34.9 Å². The Morgan fingerprint density at radius 3 is 2.83 bits per heavy atom. The summed E-state index contributed by atoms with van der Waals surface area (Å²) in [7, 11) is 0. The quantitative estimate of drug-likeness (QED) is 0.796. The lowest BCUT2D eigenvalue weighted by atomic mass is 10.0. The van der Waals surface area contributed by atoms with Crippen LogP contribution in [-0.4, -0.2) is 49.1 Å². The SMILES string of the molecule is CCOC(=O)C1CCCCN1CC(=O)N1CCCc2ccccc21. The molecule has 0 spiro atoms. The molecule has 2 aliphatic heterocycles. The third kappa shape index (κ3) is 3.61. The van der Waals surface area contributed by atoms with Gasteiger partial charge in [0.15, 0.2) is 0 Å². The third-order valence-electron chi connectivity index (χ3n) is 4.92. The molecule has 0 saturated carbocycles. The smallest absolute Gasteiger partial charge is 0.323 e. The van der Waals surface area contributed by atoms with E-state index in [-0.39, 0.29) is 24.5 Å². The minimum Gasteiger partial charge on any atom is -0.465 e. The summed E-state index contributed by atoms with van der Waals surface area (Å²) in [5.74, 6) is -0.109. The van der Waals surface area contributed by atoms with Crippen molar-refractivity contribution in [3.05, 3.63) is 29.8 Å². The Morgan fingerprint density at radius 1 is 1.17 bits per heavy atom. The maximum Gasteiger partial charge on any atom is 0.323 e. The molecule has 1 saturated heterocycles. The van der Waals surface area contributed by atoms with Gasteiger partial charge in [0, 0.05) is 12.2 Å². The summed E-state index contributed by atoms with van der Waals surface area (Å²) in [6.07, 6.45) is 4.84. The molecule has 1 amide bonds. The van der Waals surface area contributed by atoms with Crippen LogP contribution in [0.15, 0.2) is 24.3 Å². The molecular weight excluding hydrogens is 304 g/mol. The Bertz CT molecular complexity index is 602. The predicted octanol–water partition coefficient (Wildman–Crippen LogP) is 2.38. The summed E-state index contributed by atoms with van der Waals surface area (Å²) in [6.45, 7) is 4.04. The van der Waals surface area contributed by atoms with E-state index in [2.05, 4.69) is 6.07 Å². The second-order valence-corrected chi connectivity index (χ2v) is 6.51. The number of aryl methyl sites for hydroxylation is 1. The maximum absolute atomic E-state index is 12.9. The molecule has 130 valence electrons. The molecule has 0 N–H and O–H groups in total. The van der Waals surface area contributed by atoms with Crippen molar-refractivity contribution in [2.75, 3.05) is 31.1 Å². The zero-order valence-electron chi connectivity index (χ0n) is 14.4. The molecule has 1 unspecified atom stereocenters. The highest BCUT2D eigenvalue weighted by molar-refractivity contribution is 5.96. The van der Waals surface area contributed by atoms with Gasteiger partial charge in [-0.15, -0.1) is 0 Å². The Labute approximate surface area is 143 Å². The highest BCUT2D eigenvalue weighted by atomic mass is 16.5. The van der Waals surface area contributed by atoms with Gasteiger partial charge < -0.3 is 9.64 Å². The highest BCUT2D eigenvalue weighted by Crippen LogP contribution is 2.27. The fourth-order valence-corrected chi connectivity index (χ4v) is 3.74. The van der Waals surface area contributed by atoms with Crippen molar-refractivity contribution in [3.63, 3.8) is 0 Å². The second kappa shape index (κ2) is 7.79. The average Bonchev–Trinajstić information content (AvgIpc) is 2.62. The van der Waals surface area contributed by atoms with Gasteiger partial charge in [0.05, 0.1) is 13.2 Å². The van der Waals surface area contributed by atoms with Gasteiger partial charge in [0.25, 0.3) is 0 Å². The van der Waals surface area contributed by atoms with Crippen LogP contribution in [0.5, 0.6) is 0 Å². The molecule has 1 fully saturated rings. The van der Waals surface area contributed by atoms with Crippen LogP contribution in [0, 0.1) is 0 Å². The van der Waals surface area contributed by atoms with Crippen molar-refractivity contribution in [1.29, 1.82) is 0 Å². The number of fused-ring (bicyclic) bond motifs is 1. The molecule has 3 rings (SSSR count). The van der Waals surface area contributed by atoms with E-state index in [9.17, 15) is 9.59 Å². The standard InChI is InChI=1S/C19H26N2O3/c1-2-24-19(23)17-11-5-6-12-20(17)14-18(22)21-13-7-9-15-8-3-4-10-16(15)21/h3-4,8,10,17H,2,5-7,9,11-14H2,1H3. The number of hydrogen-bond acceptors (Lipinski definition) is 4. The van der Waals surface area contributed by atoms with Gasteiger partial charge in [-0.05, 0) is 50.8 Å². The van der Waals surface area contributed by atoms with E-state index in [4.69, 9.17) is 4.74 Å². The lowest BCUT2D eigenvalue weighted by Gasteiger charge is -2.36. The van der Waals surface area contributed by atoms with Crippen LogP contribution >= 0.6 is 0 Å². The Morgan fingerprint density at radius 2 is 2.00 bits per heavy atom. The average molecular weight is 330 g/mol. The van der Waals surface area contributed by atoms with Gasteiger partial charge in [-0.2, -0.15) is 0 Å². The van der Waals surface area contributed by atoms with Crippen LogP contribution < -0.4 is 4.90 Å². The van der Waals surface area contributed by atoms with Crippen LogP contribution in [0.1, 0.15) is 38.2 Å². The van der Waals surface area contributed by atoms with Gasteiger partial charge in [-0.25, -0.2) is 0 Å². The first kappa shape index (κ1) is 17.0. The molecule has 1 aromatic carbocycles. The first-order valence-corrected chi connectivity index (χ1v) is 8.99. The number of hydrogen-bond donors (Lipinski definition) is 0. The number of carbonyl (C=O) groups excluding carboxylic acids is 2. The van der Waals surface area contributed by atoms with Crippen LogP contribution in [0.2, 0.25) is 0 Å². The van der Waals surface area contributed by atoms with E-state index in [1.165, 1.54) is 5.56 Å². The highest BCUT2D eigenvalue weighted by Gasteiger charge is 2.33. The first-order valence-electron chi connectivity index (χ1n) is 8.99. The van der Waals surface area contributed by atoms with Crippen molar-refractivity contribution in [2.24, 2.45) is 0 Å². The van der Waals surface area contributed by atoms with E-state index < -0.39 is 0 Å². The van der Waals surface area contributed by atoms with E-state index in [0.29, 0.717) is 6.61 Å². The van der Waals surface area contributed by atoms with Crippen molar-refractivity contribution in [2.45, 2.75) is 45.1 Å². The summed E-state index contributed by atoms with van der Waals surface area (Å²) < 4.78 is 5.19. The minimum absolute atomic E-state index is 0.0818. The molecule has 0 aliphatic carbocycles. The predicted molar refractivity (Wildman–Crippen MR) is 93.0 cm³/mol. The van der Waals surface area contributed by atoms with Gasteiger partial charge in [-0.1, -0.05) is 24.6 Å². The Hall–Kier alpha value is -1.88. The van der Waals surface area contributed by atoms with E-state index >= 15 is 0 Å². The molecule has 5 heteroatoms. The lowest BCUT2D eigenvalue weighted by Crippen LogP contribution is -2.51. The molecule has 0 aromatic heterocycles. The minimum atomic E-state index is -0.275. The molecule has 1 aromatic rings. The van der Waals surface area contributed by atoms with Crippen LogP contribution in [0.3, 0.4) is 0 Å². The van der Waals surface area contributed by atoms with Crippen LogP contribution in [-0.2, 0) is 20.7 Å². The van der Waals surface area contributed by atoms with Crippen molar-refractivity contribution in [3.8, 4) is 0 Å². The maximum atomic E-state index is 12.9. The van der Waals surface area contributed by atoms with Gasteiger partial charge in [0.1, 0.15) is 6.04 Å². The molecular formula is C19H26N2O3. The molecule has 0 radical (unpaired) electrons. The molecule has 5 nitrogen and oxygen atoms in total. The topological polar surface area (TPSA) is 49.9 Å². The number of ether oxygens (including phenoxy) is 1. The van der Waals surface area contributed by atoms with Crippen LogP contribution in [0.25, 0.3) is 0 Å². The molecule has 1 atom stereocenters. The number of rotatable bonds is 4. The fourth-order valence-electron chi connectivity index (χ4n) is 3.74. The third-order valence-corrected chi connectivity index (χ3v) is 4.92. The monoisotopic (exact) mass is 330 g/mol. The Balaban J connectivity index is 1.70. The van der Waals surface area contributed by atoms with Gasteiger partial charge in [-0.3, -0.25) is 14.5 Å². The molecule has 0 bridgehead atoms. The number of piperidine rings is 1. The van der Waals surface area contributed by atoms with Crippen molar-refractivity contribution >= 4 is 17.6 Å². The fraction of sp³-hybridized carbons (Fsp3) is 0.579. The summed E-state index contributed by atoms with van der Waals surface area (Å²) in [5, 5.41) is 0. The summed E-state index contributed by atoms with van der Waals surface area (Å²) in [5.41, 5.74) is 2.26. The number of likely N-dealkylation sites (tertiary alicyclic amines) is 1. The van der Waals surface area contributed by atoms with Crippen molar-refractivity contribution < 1.29 is 14.3 Å². The zero-order chi connectivity index (χ0) is 16.9. The van der Waals surface area contributed by atoms with Crippen molar-refractivity contribution in [1.82, 2.24) is 4.90 Å². The van der Waals surface area contributed by atoms with E-state index in [0.717, 1.165) is 50.9 Å². The normalized spacial score (nSPS) is 21.2. The molecule has 24 heavy (non-hydrogen) atoms. The number of amides is 1.